The van der Waals surface area contributed by atoms with Crippen LogP contribution in [-0.4, -0.2) is 39.1 Å². The van der Waals surface area contributed by atoms with Crippen molar-refractivity contribution < 1.29 is 18.0 Å². The molecule has 1 N–H and O–H groups in total. The van der Waals surface area contributed by atoms with E-state index in [0.717, 1.165) is 29.0 Å². The van der Waals surface area contributed by atoms with Gasteiger partial charge in [-0.3, -0.25) is 9.59 Å². The van der Waals surface area contributed by atoms with Crippen molar-refractivity contribution >= 4 is 50.5 Å². The van der Waals surface area contributed by atoms with Gasteiger partial charge in [0.05, 0.1) is 22.0 Å². The van der Waals surface area contributed by atoms with E-state index in [1.54, 1.807) is 0 Å². The van der Waals surface area contributed by atoms with Crippen LogP contribution in [-0.2, 0) is 14.8 Å². The minimum absolute atomic E-state index is 0.0609. The maximum atomic E-state index is 12.7. The van der Waals surface area contributed by atoms with E-state index in [-0.39, 0.29) is 28.4 Å². The molecule has 0 unspecified atom stereocenters. The number of sulfonamides is 1. The highest BCUT2D eigenvalue weighted by atomic mass is 35.5. The summed E-state index contributed by atoms with van der Waals surface area (Å²) < 4.78 is 24.9. The van der Waals surface area contributed by atoms with Crippen LogP contribution in [0.4, 0.5) is 17.1 Å². The van der Waals surface area contributed by atoms with Crippen molar-refractivity contribution in [1.29, 1.82) is 0 Å². The quantitative estimate of drug-likeness (QED) is 0.746. The van der Waals surface area contributed by atoms with Crippen LogP contribution in [0.5, 0.6) is 0 Å². The number of carbonyl (C=O) groups is 2. The van der Waals surface area contributed by atoms with Crippen LogP contribution in [0.3, 0.4) is 0 Å². The lowest BCUT2D eigenvalue weighted by Gasteiger charge is -2.32. The maximum Gasteiger partial charge on any atom is 0.257 e. The molecule has 164 valence electrons. The SMILES string of the molecule is CC1CCN(c2ccc(NC(=O)c3ccc(N4C(=O)CCS4(=O)=O)cc3Cl)cc2)CC1. The van der Waals surface area contributed by atoms with E-state index in [4.69, 9.17) is 11.6 Å². The first kappa shape index (κ1) is 21.6. The molecule has 2 aromatic carbocycles. The monoisotopic (exact) mass is 461 g/mol. The molecule has 2 aliphatic heterocycles. The van der Waals surface area contributed by atoms with Gasteiger partial charge >= 0.3 is 0 Å². The second-order valence-corrected chi connectivity index (χ2v) is 10.4. The molecule has 2 fully saturated rings. The molecule has 2 saturated heterocycles. The van der Waals surface area contributed by atoms with E-state index in [1.807, 2.05) is 24.3 Å². The smallest absolute Gasteiger partial charge is 0.257 e. The van der Waals surface area contributed by atoms with Crippen molar-refractivity contribution in [1.82, 2.24) is 0 Å². The third-order valence-corrected chi connectivity index (χ3v) is 7.79. The van der Waals surface area contributed by atoms with Crippen molar-refractivity contribution in [2.24, 2.45) is 5.92 Å². The van der Waals surface area contributed by atoms with Gasteiger partial charge < -0.3 is 10.2 Å². The molecule has 2 heterocycles. The summed E-state index contributed by atoms with van der Waals surface area (Å²) in [6, 6.07) is 11.9. The standard InChI is InChI=1S/C22H24ClN3O4S/c1-15-8-11-25(12-9-15)17-4-2-16(3-5-17)24-22(28)19-7-6-18(14-20(19)23)26-21(27)10-13-31(26,29)30/h2-7,14-15H,8-13H2,1H3,(H,24,28). The van der Waals surface area contributed by atoms with Gasteiger partial charge in [-0.25, -0.2) is 12.7 Å². The average Bonchev–Trinajstić information content (AvgIpc) is 3.01. The van der Waals surface area contributed by atoms with E-state index >= 15 is 0 Å². The minimum Gasteiger partial charge on any atom is -0.372 e. The molecule has 31 heavy (non-hydrogen) atoms. The van der Waals surface area contributed by atoms with Gasteiger partial charge in [0.25, 0.3) is 5.91 Å². The van der Waals surface area contributed by atoms with Gasteiger partial charge in [-0.2, -0.15) is 0 Å². The Labute approximate surface area is 187 Å². The number of amides is 2. The lowest BCUT2D eigenvalue weighted by Crippen LogP contribution is -2.32. The molecule has 0 aromatic heterocycles. The fourth-order valence-corrected chi connectivity index (χ4v) is 5.62. The molecular formula is C22H24ClN3O4S. The summed E-state index contributed by atoms with van der Waals surface area (Å²) in [7, 11) is -3.68. The lowest BCUT2D eigenvalue weighted by atomic mass is 9.99. The molecule has 2 amide bonds. The topological polar surface area (TPSA) is 86.8 Å². The summed E-state index contributed by atoms with van der Waals surface area (Å²) >= 11 is 6.25. The summed E-state index contributed by atoms with van der Waals surface area (Å²) in [5.41, 5.74) is 2.10. The zero-order valence-electron chi connectivity index (χ0n) is 17.2. The second-order valence-electron chi connectivity index (χ2n) is 8.06. The Hall–Kier alpha value is -2.58. The van der Waals surface area contributed by atoms with Crippen LogP contribution in [0.25, 0.3) is 0 Å². The number of halogens is 1. The molecule has 2 aliphatic rings. The average molecular weight is 462 g/mol. The van der Waals surface area contributed by atoms with Crippen LogP contribution in [0.15, 0.2) is 42.5 Å². The van der Waals surface area contributed by atoms with Crippen LogP contribution in [0.1, 0.15) is 36.5 Å². The van der Waals surface area contributed by atoms with E-state index in [0.29, 0.717) is 5.69 Å². The van der Waals surface area contributed by atoms with Gasteiger partial charge in [0.1, 0.15) is 0 Å². The first-order valence-electron chi connectivity index (χ1n) is 10.3. The third-order valence-electron chi connectivity index (χ3n) is 5.78. The van der Waals surface area contributed by atoms with Gasteiger partial charge in [0.15, 0.2) is 0 Å². The van der Waals surface area contributed by atoms with Crippen molar-refractivity contribution in [3.05, 3.63) is 53.1 Å². The first-order valence-corrected chi connectivity index (χ1v) is 12.2. The Morgan fingerprint density at radius 1 is 1.06 bits per heavy atom. The van der Waals surface area contributed by atoms with E-state index in [9.17, 15) is 18.0 Å². The number of carbonyl (C=O) groups excluding carboxylic acids is 2. The van der Waals surface area contributed by atoms with Crippen molar-refractivity contribution in [2.75, 3.05) is 33.4 Å². The molecule has 0 bridgehead atoms. The summed E-state index contributed by atoms with van der Waals surface area (Å²) in [6.45, 7) is 4.34. The van der Waals surface area contributed by atoms with Crippen molar-refractivity contribution in [2.45, 2.75) is 26.2 Å². The van der Waals surface area contributed by atoms with Gasteiger partial charge in [0.2, 0.25) is 15.9 Å². The molecule has 0 aliphatic carbocycles. The maximum absolute atomic E-state index is 12.7. The Morgan fingerprint density at radius 3 is 2.29 bits per heavy atom. The molecule has 4 rings (SSSR count). The van der Waals surface area contributed by atoms with Gasteiger partial charge in [-0.1, -0.05) is 18.5 Å². The fourth-order valence-electron chi connectivity index (χ4n) is 3.90. The molecule has 0 saturated carbocycles. The number of nitrogens with one attached hydrogen (secondary N) is 1. The number of nitrogens with zero attached hydrogens (tertiary/aromatic N) is 2. The lowest BCUT2D eigenvalue weighted by molar-refractivity contribution is -0.116. The second kappa shape index (κ2) is 8.51. The van der Waals surface area contributed by atoms with E-state index in [2.05, 4.69) is 17.1 Å². The summed E-state index contributed by atoms with van der Waals surface area (Å²) in [5.74, 6) is -0.379. The first-order chi connectivity index (χ1) is 14.7. The van der Waals surface area contributed by atoms with Crippen LogP contribution in [0.2, 0.25) is 5.02 Å². The number of anilines is 3. The largest absolute Gasteiger partial charge is 0.372 e. The number of rotatable bonds is 4. The fraction of sp³-hybridized carbons (Fsp3) is 0.364. The summed E-state index contributed by atoms with van der Waals surface area (Å²) in [6.07, 6.45) is 2.29. The normalized spacial score (nSPS) is 19.0. The van der Waals surface area contributed by atoms with Crippen LogP contribution < -0.4 is 14.5 Å². The Bertz CT molecular complexity index is 1110. The minimum atomic E-state index is -3.68. The molecule has 0 atom stereocenters. The van der Waals surface area contributed by atoms with E-state index in [1.165, 1.54) is 31.0 Å². The zero-order valence-corrected chi connectivity index (χ0v) is 18.7. The summed E-state index contributed by atoms with van der Waals surface area (Å²) in [4.78, 5) is 27.0. The Balaban J connectivity index is 1.46. The zero-order chi connectivity index (χ0) is 22.2. The van der Waals surface area contributed by atoms with Crippen LogP contribution in [0, 0.1) is 5.92 Å². The predicted molar refractivity (Wildman–Crippen MR) is 122 cm³/mol. The highest BCUT2D eigenvalue weighted by Gasteiger charge is 2.36. The van der Waals surface area contributed by atoms with Gasteiger partial charge in [-0.05, 0) is 61.2 Å². The number of hydrogen-bond acceptors (Lipinski definition) is 5. The Kier molecular flexibility index (Phi) is 5.94. The highest BCUT2D eigenvalue weighted by molar-refractivity contribution is 7.94. The van der Waals surface area contributed by atoms with Gasteiger partial charge in [-0.15, -0.1) is 0 Å². The number of benzene rings is 2. The van der Waals surface area contributed by atoms with Crippen LogP contribution >= 0.6 is 11.6 Å². The Morgan fingerprint density at radius 2 is 1.71 bits per heavy atom. The molecule has 0 spiro atoms. The molecular weight excluding hydrogens is 438 g/mol. The number of hydrogen-bond donors (Lipinski definition) is 1. The van der Waals surface area contributed by atoms with Gasteiger partial charge in [0, 0.05) is 30.9 Å². The van der Waals surface area contributed by atoms with Crippen molar-refractivity contribution in [3.8, 4) is 0 Å². The molecule has 9 heteroatoms. The molecule has 2 aromatic rings. The van der Waals surface area contributed by atoms with Crippen molar-refractivity contribution in [3.63, 3.8) is 0 Å². The number of piperidine rings is 1. The third kappa shape index (κ3) is 4.55. The molecule has 0 radical (unpaired) electrons. The summed E-state index contributed by atoms with van der Waals surface area (Å²) in [5, 5.41) is 2.88. The predicted octanol–water partition coefficient (Wildman–Crippen LogP) is 3.90. The highest BCUT2D eigenvalue weighted by Crippen LogP contribution is 2.30. The molecule has 7 nitrogen and oxygen atoms in total. The van der Waals surface area contributed by atoms with E-state index < -0.39 is 21.8 Å².